The molecule has 0 amide bonds. The van der Waals surface area contributed by atoms with Crippen molar-refractivity contribution in [1.82, 2.24) is 4.98 Å². The van der Waals surface area contributed by atoms with E-state index in [1.165, 1.54) is 12.1 Å². The standard InChI is InChI=1S/C20H18FNO2/c21-16-7-11-19-15(13-16)6-10-18(22-19)14-4-8-17(9-5-14)24-20-3-1-2-12-23-20/h4-11,13,20H,1-3,12H2. The second-order valence-electron chi connectivity index (χ2n) is 5.97. The molecule has 1 saturated heterocycles. The Hall–Kier alpha value is -2.46. The van der Waals surface area contributed by atoms with Crippen molar-refractivity contribution < 1.29 is 13.9 Å². The van der Waals surface area contributed by atoms with Crippen LogP contribution < -0.4 is 4.74 Å². The molecule has 0 spiro atoms. The van der Waals surface area contributed by atoms with Crippen molar-refractivity contribution in [3.8, 4) is 17.0 Å². The smallest absolute Gasteiger partial charge is 0.199 e. The number of hydrogen-bond donors (Lipinski definition) is 0. The molecule has 0 saturated carbocycles. The van der Waals surface area contributed by atoms with Crippen LogP contribution in [0.1, 0.15) is 19.3 Å². The maximum absolute atomic E-state index is 13.2. The van der Waals surface area contributed by atoms with E-state index in [2.05, 4.69) is 4.98 Å². The van der Waals surface area contributed by atoms with Gasteiger partial charge in [-0.1, -0.05) is 6.07 Å². The normalized spacial score (nSPS) is 17.8. The topological polar surface area (TPSA) is 31.4 Å². The highest BCUT2D eigenvalue weighted by atomic mass is 19.1. The summed E-state index contributed by atoms with van der Waals surface area (Å²) < 4.78 is 24.7. The van der Waals surface area contributed by atoms with Gasteiger partial charge in [0, 0.05) is 17.4 Å². The van der Waals surface area contributed by atoms with Crippen molar-refractivity contribution in [3.05, 3.63) is 60.4 Å². The molecule has 1 aliphatic heterocycles. The summed E-state index contributed by atoms with van der Waals surface area (Å²) in [6.45, 7) is 0.768. The Bertz CT molecular complexity index is 842. The molecule has 3 nitrogen and oxygen atoms in total. The van der Waals surface area contributed by atoms with Crippen LogP contribution >= 0.6 is 0 Å². The zero-order chi connectivity index (χ0) is 16.4. The molecule has 1 atom stereocenters. The van der Waals surface area contributed by atoms with Crippen molar-refractivity contribution in [2.45, 2.75) is 25.6 Å². The lowest BCUT2D eigenvalue weighted by atomic mass is 10.1. The highest BCUT2D eigenvalue weighted by Crippen LogP contribution is 2.25. The van der Waals surface area contributed by atoms with E-state index in [4.69, 9.17) is 9.47 Å². The third kappa shape index (κ3) is 3.24. The summed E-state index contributed by atoms with van der Waals surface area (Å²) in [5.74, 6) is 0.553. The number of halogens is 1. The molecule has 4 rings (SSSR count). The minimum absolute atomic E-state index is 0.140. The van der Waals surface area contributed by atoms with Crippen LogP contribution in [-0.4, -0.2) is 17.9 Å². The van der Waals surface area contributed by atoms with Crippen molar-refractivity contribution in [2.24, 2.45) is 0 Å². The molecule has 1 unspecified atom stereocenters. The molecule has 2 heterocycles. The molecule has 4 heteroatoms. The first-order valence-corrected chi connectivity index (χ1v) is 8.23. The number of nitrogens with zero attached hydrogens (tertiary/aromatic N) is 1. The lowest BCUT2D eigenvalue weighted by molar-refractivity contribution is -0.105. The number of rotatable bonds is 3. The van der Waals surface area contributed by atoms with Crippen molar-refractivity contribution in [2.75, 3.05) is 6.61 Å². The molecule has 0 aliphatic carbocycles. The summed E-state index contributed by atoms with van der Waals surface area (Å²) in [6, 6.07) is 16.3. The monoisotopic (exact) mass is 323 g/mol. The van der Waals surface area contributed by atoms with E-state index in [1.807, 2.05) is 36.4 Å². The summed E-state index contributed by atoms with van der Waals surface area (Å²) in [6.07, 6.45) is 3.05. The molecule has 0 N–H and O–H groups in total. The molecule has 1 fully saturated rings. The van der Waals surface area contributed by atoms with Gasteiger partial charge in [-0.25, -0.2) is 9.37 Å². The van der Waals surface area contributed by atoms with E-state index in [0.717, 1.165) is 53.8 Å². The maximum atomic E-state index is 13.2. The highest BCUT2D eigenvalue weighted by Gasteiger charge is 2.15. The van der Waals surface area contributed by atoms with Gasteiger partial charge in [-0.3, -0.25) is 0 Å². The van der Waals surface area contributed by atoms with Gasteiger partial charge in [0.25, 0.3) is 0 Å². The van der Waals surface area contributed by atoms with Crippen LogP contribution in [0.5, 0.6) is 5.75 Å². The van der Waals surface area contributed by atoms with Crippen molar-refractivity contribution in [3.63, 3.8) is 0 Å². The van der Waals surface area contributed by atoms with Crippen molar-refractivity contribution >= 4 is 10.9 Å². The first-order valence-electron chi connectivity index (χ1n) is 8.23. The predicted octanol–water partition coefficient (Wildman–Crippen LogP) is 4.95. The van der Waals surface area contributed by atoms with Gasteiger partial charge in [0.1, 0.15) is 11.6 Å². The van der Waals surface area contributed by atoms with E-state index in [0.29, 0.717) is 0 Å². The summed E-state index contributed by atoms with van der Waals surface area (Å²) in [7, 11) is 0. The first-order chi connectivity index (χ1) is 11.8. The number of aromatic nitrogens is 1. The molecule has 0 radical (unpaired) electrons. The molecular formula is C20H18FNO2. The van der Waals surface area contributed by atoms with Gasteiger partial charge in [0.05, 0.1) is 17.8 Å². The fourth-order valence-electron chi connectivity index (χ4n) is 2.92. The minimum Gasteiger partial charge on any atom is -0.465 e. The van der Waals surface area contributed by atoms with Gasteiger partial charge < -0.3 is 9.47 Å². The van der Waals surface area contributed by atoms with Crippen LogP contribution in [0.3, 0.4) is 0 Å². The first kappa shape index (κ1) is 15.1. The van der Waals surface area contributed by atoms with E-state index >= 15 is 0 Å². The zero-order valence-corrected chi connectivity index (χ0v) is 13.2. The summed E-state index contributed by atoms with van der Waals surface area (Å²) >= 11 is 0. The van der Waals surface area contributed by atoms with Crippen LogP contribution in [0.15, 0.2) is 54.6 Å². The molecule has 122 valence electrons. The fourth-order valence-corrected chi connectivity index (χ4v) is 2.92. The summed E-state index contributed by atoms with van der Waals surface area (Å²) in [4.78, 5) is 4.60. The van der Waals surface area contributed by atoms with Crippen LogP contribution in [0, 0.1) is 5.82 Å². The Kier molecular flexibility index (Phi) is 4.13. The van der Waals surface area contributed by atoms with Crippen LogP contribution in [-0.2, 0) is 4.74 Å². The van der Waals surface area contributed by atoms with Crippen LogP contribution in [0.2, 0.25) is 0 Å². The van der Waals surface area contributed by atoms with E-state index in [-0.39, 0.29) is 12.1 Å². The van der Waals surface area contributed by atoms with Gasteiger partial charge in [0.15, 0.2) is 6.29 Å². The molecular weight excluding hydrogens is 305 g/mol. The quantitative estimate of drug-likeness (QED) is 0.683. The fraction of sp³-hybridized carbons (Fsp3) is 0.250. The zero-order valence-electron chi connectivity index (χ0n) is 13.2. The summed E-state index contributed by atoms with van der Waals surface area (Å²) in [5, 5.41) is 0.799. The number of benzene rings is 2. The Labute approximate surface area is 140 Å². The Morgan fingerprint density at radius 3 is 2.67 bits per heavy atom. The highest BCUT2D eigenvalue weighted by molar-refractivity contribution is 5.81. The number of ether oxygens (including phenoxy) is 2. The second-order valence-corrected chi connectivity index (χ2v) is 5.97. The molecule has 1 aromatic heterocycles. The van der Waals surface area contributed by atoms with Gasteiger partial charge in [-0.05, 0) is 61.4 Å². The van der Waals surface area contributed by atoms with E-state index in [1.54, 1.807) is 6.07 Å². The summed E-state index contributed by atoms with van der Waals surface area (Å²) in [5.41, 5.74) is 2.64. The maximum Gasteiger partial charge on any atom is 0.199 e. The Balaban J connectivity index is 1.54. The molecule has 0 bridgehead atoms. The predicted molar refractivity (Wildman–Crippen MR) is 91.4 cm³/mol. The average molecular weight is 323 g/mol. The molecule has 3 aromatic rings. The Morgan fingerprint density at radius 1 is 1.00 bits per heavy atom. The second kappa shape index (κ2) is 6.57. The molecule has 24 heavy (non-hydrogen) atoms. The minimum atomic E-state index is -0.247. The van der Waals surface area contributed by atoms with Gasteiger partial charge in [0.2, 0.25) is 0 Å². The Morgan fingerprint density at radius 2 is 1.88 bits per heavy atom. The SMILES string of the molecule is Fc1ccc2nc(-c3ccc(OC4CCCCO4)cc3)ccc2c1. The lowest BCUT2D eigenvalue weighted by Gasteiger charge is -2.23. The third-order valence-electron chi connectivity index (χ3n) is 4.21. The van der Waals surface area contributed by atoms with E-state index in [9.17, 15) is 4.39 Å². The largest absolute Gasteiger partial charge is 0.465 e. The number of hydrogen-bond acceptors (Lipinski definition) is 3. The average Bonchev–Trinajstić information content (AvgIpc) is 2.63. The number of pyridine rings is 1. The van der Waals surface area contributed by atoms with Crippen LogP contribution in [0.4, 0.5) is 4.39 Å². The van der Waals surface area contributed by atoms with Gasteiger partial charge >= 0.3 is 0 Å². The third-order valence-corrected chi connectivity index (χ3v) is 4.21. The van der Waals surface area contributed by atoms with Gasteiger partial charge in [-0.2, -0.15) is 0 Å². The van der Waals surface area contributed by atoms with E-state index < -0.39 is 0 Å². The van der Waals surface area contributed by atoms with Gasteiger partial charge in [-0.15, -0.1) is 0 Å². The van der Waals surface area contributed by atoms with Crippen LogP contribution in [0.25, 0.3) is 22.2 Å². The number of fused-ring (bicyclic) bond motifs is 1. The molecule has 1 aliphatic rings. The molecule has 2 aromatic carbocycles. The lowest BCUT2D eigenvalue weighted by Crippen LogP contribution is -2.24. The van der Waals surface area contributed by atoms with Crippen molar-refractivity contribution in [1.29, 1.82) is 0 Å².